The molecule has 0 N–H and O–H groups in total. The summed E-state index contributed by atoms with van der Waals surface area (Å²) in [6.45, 7) is 23.7. The highest BCUT2D eigenvalue weighted by Crippen LogP contribution is 2.41. The Bertz CT molecular complexity index is 1950. The summed E-state index contributed by atoms with van der Waals surface area (Å²) in [4.78, 5) is 4.62. The average molecular weight is 749 g/mol. The molecule has 0 saturated carbocycles. The van der Waals surface area contributed by atoms with Crippen molar-refractivity contribution in [3.63, 3.8) is 0 Å². The van der Waals surface area contributed by atoms with Crippen LogP contribution in [-0.4, -0.2) is 11.2 Å². The molecule has 2 atom stereocenters. The van der Waals surface area contributed by atoms with Crippen molar-refractivity contribution in [1.29, 1.82) is 0 Å². The second-order valence-electron chi connectivity index (χ2n) is 16.5. The van der Waals surface area contributed by atoms with Crippen molar-refractivity contribution < 1.29 is 9.47 Å². The van der Waals surface area contributed by atoms with E-state index in [-0.39, 0.29) is 16.6 Å². The number of unbranched alkanes of at least 4 members (excludes halogenated alkanes) is 1. The smallest absolute Gasteiger partial charge is 0.120 e. The van der Waals surface area contributed by atoms with Gasteiger partial charge in [-0.25, -0.2) is 0 Å². The number of benzene rings is 5. The van der Waals surface area contributed by atoms with E-state index in [1.54, 1.807) is 0 Å². The molecule has 0 spiro atoms. The monoisotopic (exact) mass is 748 g/mol. The molecule has 0 fully saturated rings. The third-order valence-corrected chi connectivity index (χ3v) is 10.9. The topological polar surface area (TPSA) is 24.9 Å². The van der Waals surface area contributed by atoms with E-state index in [2.05, 4.69) is 206 Å². The second-order valence-corrected chi connectivity index (χ2v) is 16.5. The molecule has 5 aromatic rings. The highest BCUT2D eigenvalue weighted by molar-refractivity contribution is 5.81. The van der Waals surface area contributed by atoms with Crippen LogP contribution in [0.3, 0.4) is 0 Å². The first-order chi connectivity index (χ1) is 26.8. The fourth-order valence-electron chi connectivity index (χ4n) is 7.36. The van der Waals surface area contributed by atoms with Crippen LogP contribution in [0.5, 0.6) is 11.5 Å². The average Bonchev–Trinajstić information content (AvgIpc) is 3.19. The van der Waals surface area contributed by atoms with Gasteiger partial charge in [-0.2, -0.15) is 0 Å². The maximum Gasteiger partial charge on any atom is 0.120 e. The molecule has 0 saturated heterocycles. The summed E-state index contributed by atoms with van der Waals surface area (Å²) in [5, 5.41) is 0. The van der Waals surface area contributed by atoms with Gasteiger partial charge in [0.1, 0.15) is 22.7 Å². The molecule has 0 amide bonds. The first kappa shape index (κ1) is 41.9. The molecule has 4 heteroatoms. The number of anilines is 6. The third kappa shape index (κ3) is 11.0. The molecular formula is C52H64N2O2. The van der Waals surface area contributed by atoms with Gasteiger partial charge < -0.3 is 19.3 Å². The van der Waals surface area contributed by atoms with Crippen molar-refractivity contribution >= 4 is 34.1 Å². The van der Waals surface area contributed by atoms with Crippen molar-refractivity contribution in [3.8, 4) is 11.5 Å². The Kier molecular flexibility index (Phi) is 13.9. The highest BCUT2D eigenvalue weighted by Gasteiger charge is 2.32. The lowest BCUT2D eigenvalue weighted by Crippen LogP contribution is -2.36. The number of nitrogens with zero attached hydrogens (tertiary/aromatic N) is 2. The molecule has 0 aliphatic rings. The fourth-order valence-corrected chi connectivity index (χ4v) is 7.36. The Morgan fingerprint density at radius 2 is 0.857 bits per heavy atom. The van der Waals surface area contributed by atoms with Crippen LogP contribution < -0.4 is 19.3 Å². The van der Waals surface area contributed by atoms with Crippen LogP contribution in [-0.2, 0) is 0 Å². The minimum Gasteiger partial charge on any atom is -0.488 e. The number of aryl methyl sites for hydroxylation is 2. The van der Waals surface area contributed by atoms with Gasteiger partial charge in [0.15, 0.2) is 0 Å². The van der Waals surface area contributed by atoms with Gasteiger partial charge in [0.25, 0.3) is 0 Å². The van der Waals surface area contributed by atoms with Crippen molar-refractivity contribution in [1.82, 2.24) is 0 Å². The summed E-state index contributed by atoms with van der Waals surface area (Å²) in [7, 11) is 0. The molecule has 0 bridgehead atoms. The first-order valence-electron chi connectivity index (χ1n) is 20.5. The van der Waals surface area contributed by atoms with Crippen LogP contribution in [0, 0.1) is 19.3 Å². The van der Waals surface area contributed by atoms with Gasteiger partial charge in [-0.05, 0) is 162 Å². The molecule has 0 aliphatic carbocycles. The van der Waals surface area contributed by atoms with Gasteiger partial charge in [0.2, 0.25) is 0 Å². The van der Waals surface area contributed by atoms with Gasteiger partial charge in [-0.15, -0.1) is 0 Å². The standard InChI is InChI=1S/C52H64N2O2/c1-11-15-37-50(7,8)39-52(10,14-4)56-49-35-31-47(32-36-49)54(46-29-33-48(34-30-46)55-51(9,13-3)38-16-12-2)45-27-25-44(26-28-45)53(42-21-17-40(5)18-22-42)43-23-19-41(6)20-24-43/h11,15,17-37H,1,12-14,16,38-39H2,2-10H3/b37-15+. The summed E-state index contributed by atoms with van der Waals surface area (Å²) < 4.78 is 13.4. The van der Waals surface area contributed by atoms with E-state index < -0.39 is 0 Å². The minimum atomic E-state index is -0.327. The lowest BCUT2D eigenvalue weighted by Gasteiger charge is -2.36. The predicted molar refractivity (Wildman–Crippen MR) is 241 cm³/mol. The minimum absolute atomic E-state index is 0.0310. The van der Waals surface area contributed by atoms with E-state index >= 15 is 0 Å². The number of rotatable bonds is 19. The molecule has 0 radical (unpaired) electrons. The van der Waals surface area contributed by atoms with Crippen LogP contribution >= 0.6 is 0 Å². The predicted octanol–water partition coefficient (Wildman–Crippen LogP) is 15.7. The lowest BCUT2D eigenvalue weighted by atomic mass is 9.79. The number of allylic oxidation sites excluding steroid dienone is 3. The Hall–Kier alpha value is -5.22. The van der Waals surface area contributed by atoms with E-state index in [9.17, 15) is 0 Å². The summed E-state index contributed by atoms with van der Waals surface area (Å²) in [6, 6.07) is 43.4. The lowest BCUT2D eigenvalue weighted by molar-refractivity contribution is 0.0476. The van der Waals surface area contributed by atoms with Crippen LogP contribution in [0.25, 0.3) is 0 Å². The Morgan fingerprint density at radius 3 is 1.20 bits per heavy atom. The number of hydrogen-bond donors (Lipinski definition) is 0. The number of hydrogen-bond acceptors (Lipinski definition) is 4. The van der Waals surface area contributed by atoms with Gasteiger partial charge in [-0.1, -0.05) is 101 Å². The first-order valence-corrected chi connectivity index (χ1v) is 20.5. The molecular weight excluding hydrogens is 685 g/mol. The highest BCUT2D eigenvalue weighted by atomic mass is 16.5. The summed E-state index contributed by atoms with van der Waals surface area (Å²) in [5.74, 6) is 1.75. The molecule has 56 heavy (non-hydrogen) atoms. The van der Waals surface area contributed by atoms with Crippen LogP contribution in [0.4, 0.5) is 34.1 Å². The number of ether oxygens (including phenoxy) is 2. The molecule has 0 aromatic heterocycles. The maximum absolute atomic E-state index is 6.75. The van der Waals surface area contributed by atoms with Gasteiger partial charge >= 0.3 is 0 Å². The largest absolute Gasteiger partial charge is 0.488 e. The Labute approximate surface area is 338 Å². The van der Waals surface area contributed by atoms with Gasteiger partial charge in [-0.3, -0.25) is 0 Å². The third-order valence-electron chi connectivity index (χ3n) is 10.9. The molecule has 294 valence electrons. The van der Waals surface area contributed by atoms with Crippen LogP contribution in [0.1, 0.15) is 98.1 Å². The van der Waals surface area contributed by atoms with E-state index in [1.807, 2.05) is 12.2 Å². The normalized spacial score (nSPS) is 13.8. The van der Waals surface area contributed by atoms with Crippen molar-refractivity contribution in [3.05, 3.63) is 157 Å². The molecule has 2 unspecified atom stereocenters. The Morgan fingerprint density at radius 1 is 0.518 bits per heavy atom. The Balaban J connectivity index is 1.51. The summed E-state index contributed by atoms with van der Waals surface area (Å²) in [5.41, 5.74) is 8.40. The van der Waals surface area contributed by atoms with E-state index in [4.69, 9.17) is 9.47 Å². The zero-order valence-corrected chi connectivity index (χ0v) is 35.4. The zero-order chi connectivity index (χ0) is 40.3. The maximum atomic E-state index is 6.75. The summed E-state index contributed by atoms with van der Waals surface area (Å²) >= 11 is 0. The quantitative estimate of drug-likeness (QED) is 0.0785. The van der Waals surface area contributed by atoms with E-state index in [0.29, 0.717) is 0 Å². The van der Waals surface area contributed by atoms with Crippen LogP contribution in [0.15, 0.2) is 146 Å². The zero-order valence-electron chi connectivity index (χ0n) is 35.4. The van der Waals surface area contributed by atoms with Crippen molar-refractivity contribution in [2.75, 3.05) is 9.80 Å². The molecule has 0 heterocycles. The second kappa shape index (κ2) is 18.6. The SMILES string of the molecule is C=C/C=C/C(C)(C)CC(C)(CC)Oc1ccc(N(c2ccc(OC(C)(CC)CCCC)cc2)c2ccc(N(c3ccc(C)cc3)c3ccc(C)cc3)cc2)cc1. The van der Waals surface area contributed by atoms with E-state index in [1.165, 1.54) is 11.1 Å². The van der Waals surface area contributed by atoms with Gasteiger partial charge in [0.05, 0.1) is 0 Å². The molecule has 5 aromatic carbocycles. The van der Waals surface area contributed by atoms with Crippen molar-refractivity contribution in [2.24, 2.45) is 5.41 Å². The fraction of sp³-hybridized carbons (Fsp3) is 0.346. The molecule has 4 nitrogen and oxygen atoms in total. The van der Waals surface area contributed by atoms with Crippen molar-refractivity contribution in [2.45, 2.75) is 112 Å². The summed E-state index contributed by atoms with van der Waals surface area (Å²) in [6.07, 6.45) is 12.2. The van der Waals surface area contributed by atoms with Gasteiger partial charge in [0, 0.05) is 34.1 Å². The molecule has 0 aliphatic heterocycles. The van der Waals surface area contributed by atoms with Crippen LogP contribution in [0.2, 0.25) is 0 Å². The van der Waals surface area contributed by atoms with E-state index in [0.717, 1.165) is 84.1 Å². The molecule has 5 rings (SSSR count).